The lowest BCUT2D eigenvalue weighted by atomic mass is 10.00. The van der Waals surface area contributed by atoms with E-state index in [1.165, 1.54) is 22.9 Å². The molecule has 2 heterocycles. The van der Waals surface area contributed by atoms with Gasteiger partial charge in [0, 0.05) is 25.4 Å². The second-order valence-corrected chi connectivity index (χ2v) is 9.75. The van der Waals surface area contributed by atoms with Crippen molar-refractivity contribution in [3.63, 3.8) is 0 Å². The van der Waals surface area contributed by atoms with Crippen LogP contribution in [0.1, 0.15) is 29.0 Å². The third kappa shape index (κ3) is 6.11. The van der Waals surface area contributed by atoms with Crippen molar-refractivity contribution in [1.29, 1.82) is 0 Å². The maximum absolute atomic E-state index is 9.69. The summed E-state index contributed by atoms with van der Waals surface area (Å²) in [5.41, 5.74) is 5.85. The standard InChI is InChI=1S/C28H29N3O3S/c1-20-25(23-6-3-2-4-7-23)8-5-9-26(20)33-18-27-29-30-28(34-27)35-19-22-12-10-21(11-13-22)16-31-15-14-24(32)17-31/h2-13,24,32H,14-19H2,1H3/t24-/m0/s1. The van der Waals surface area contributed by atoms with Gasteiger partial charge in [-0.15, -0.1) is 10.2 Å². The molecule has 0 unspecified atom stereocenters. The van der Waals surface area contributed by atoms with Crippen molar-refractivity contribution in [1.82, 2.24) is 15.1 Å². The van der Waals surface area contributed by atoms with Crippen LogP contribution in [0.15, 0.2) is 82.4 Å². The van der Waals surface area contributed by atoms with Crippen molar-refractivity contribution in [3.8, 4) is 16.9 Å². The Hall–Kier alpha value is -3.13. The average Bonchev–Trinajstić information content (AvgIpc) is 3.52. The van der Waals surface area contributed by atoms with Crippen LogP contribution < -0.4 is 4.74 Å². The van der Waals surface area contributed by atoms with Gasteiger partial charge in [0.1, 0.15) is 5.75 Å². The molecule has 0 saturated carbocycles. The summed E-state index contributed by atoms with van der Waals surface area (Å²) in [5.74, 6) is 2.02. The highest BCUT2D eigenvalue weighted by Gasteiger charge is 2.19. The fraction of sp³-hybridized carbons (Fsp3) is 0.286. The number of benzene rings is 3. The first kappa shape index (κ1) is 23.6. The number of ether oxygens (including phenoxy) is 1. The predicted molar refractivity (Wildman–Crippen MR) is 137 cm³/mol. The van der Waals surface area contributed by atoms with Crippen LogP contribution in [-0.4, -0.2) is 39.4 Å². The Labute approximate surface area is 210 Å². The predicted octanol–water partition coefficient (Wildman–Crippen LogP) is 5.48. The second-order valence-electron chi connectivity index (χ2n) is 8.83. The summed E-state index contributed by atoms with van der Waals surface area (Å²) in [6, 6.07) is 24.9. The summed E-state index contributed by atoms with van der Waals surface area (Å²) in [5, 5.41) is 18.5. The van der Waals surface area contributed by atoms with Crippen LogP contribution in [0.4, 0.5) is 0 Å². The lowest BCUT2D eigenvalue weighted by Crippen LogP contribution is -2.21. The van der Waals surface area contributed by atoms with E-state index in [4.69, 9.17) is 9.15 Å². The van der Waals surface area contributed by atoms with Crippen LogP contribution in [0.25, 0.3) is 11.1 Å². The molecule has 4 aromatic rings. The highest BCUT2D eigenvalue weighted by Crippen LogP contribution is 2.30. The molecule has 1 fully saturated rings. The number of β-amino-alcohol motifs (C(OH)–C–C–N with tert-alkyl or cyclic N) is 1. The van der Waals surface area contributed by atoms with E-state index in [9.17, 15) is 5.11 Å². The SMILES string of the molecule is Cc1c(OCc2nnc(SCc3ccc(CN4CC[C@H](O)C4)cc3)o2)cccc1-c1ccccc1. The van der Waals surface area contributed by atoms with Gasteiger partial charge < -0.3 is 14.3 Å². The van der Waals surface area contributed by atoms with Crippen LogP contribution in [0.2, 0.25) is 0 Å². The number of nitrogens with zero attached hydrogens (tertiary/aromatic N) is 3. The maximum Gasteiger partial charge on any atom is 0.277 e. The molecule has 1 aromatic heterocycles. The Bertz CT molecular complexity index is 1240. The van der Waals surface area contributed by atoms with Crippen molar-refractivity contribution >= 4 is 11.8 Å². The van der Waals surface area contributed by atoms with E-state index >= 15 is 0 Å². The first-order chi connectivity index (χ1) is 17.1. The van der Waals surface area contributed by atoms with Gasteiger partial charge in [-0.2, -0.15) is 0 Å². The van der Waals surface area contributed by atoms with Crippen molar-refractivity contribution in [2.24, 2.45) is 0 Å². The molecule has 1 atom stereocenters. The minimum atomic E-state index is -0.182. The first-order valence-corrected chi connectivity index (χ1v) is 12.8. The van der Waals surface area contributed by atoms with E-state index < -0.39 is 0 Å². The maximum atomic E-state index is 9.69. The van der Waals surface area contributed by atoms with Crippen LogP contribution in [-0.2, 0) is 18.9 Å². The average molecular weight is 488 g/mol. The molecule has 0 bridgehead atoms. The van der Waals surface area contributed by atoms with Crippen LogP contribution in [0, 0.1) is 6.92 Å². The van der Waals surface area contributed by atoms with E-state index in [-0.39, 0.29) is 12.7 Å². The molecule has 0 amide bonds. The molecule has 5 rings (SSSR count). The lowest BCUT2D eigenvalue weighted by molar-refractivity contribution is 0.175. The molecule has 1 aliphatic rings. The summed E-state index contributed by atoms with van der Waals surface area (Å²) >= 11 is 1.52. The molecule has 3 aromatic carbocycles. The molecular formula is C28H29N3O3S. The minimum absolute atomic E-state index is 0.182. The Morgan fingerprint density at radius 3 is 2.57 bits per heavy atom. The van der Waals surface area contributed by atoms with Crippen molar-refractivity contribution in [2.75, 3.05) is 13.1 Å². The van der Waals surface area contributed by atoms with Crippen molar-refractivity contribution in [2.45, 2.75) is 43.6 Å². The Morgan fingerprint density at radius 2 is 1.80 bits per heavy atom. The monoisotopic (exact) mass is 487 g/mol. The quantitative estimate of drug-likeness (QED) is 0.313. The van der Waals surface area contributed by atoms with E-state index in [2.05, 4.69) is 64.5 Å². The molecule has 180 valence electrons. The zero-order valence-electron chi connectivity index (χ0n) is 19.8. The smallest absolute Gasteiger partial charge is 0.277 e. The highest BCUT2D eigenvalue weighted by molar-refractivity contribution is 7.98. The second kappa shape index (κ2) is 11.1. The summed E-state index contributed by atoms with van der Waals surface area (Å²) in [7, 11) is 0. The third-order valence-corrected chi connectivity index (χ3v) is 7.10. The van der Waals surface area contributed by atoms with Crippen LogP contribution in [0.3, 0.4) is 0 Å². The van der Waals surface area contributed by atoms with Gasteiger partial charge in [-0.05, 0) is 47.2 Å². The topological polar surface area (TPSA) is 71.6 Å². The van der Waals surface area contributed by atoms with E-state index in [0.29, 0.717) is 11.1 Å². The zero-order chi connectivity index (χ0) is 24.0. The Kier molecular flexibility index (Phi) is 7.47. The van der Waals surface area contributed by atoms with E-state index in [0.717, 1.165) is 54.2 Å². The van der Waals surface area contributed by atoms with Gasteiger partial charge in [0.2, 0.25) is 0 Å². The van der Waals surface area contributed by atoms with Gasteiger partial charge in [0.05, 0.1) is 6.10 Å². The van der Waals surface area contributed by atoms with Crippen molar-refractivity contribution in [3.05, 3.63) is 95.4 Å². The Morgan fingerprint density at radius 1 is 1.00 bits per heavy atom. The third-order valence-electron chi connectivity index (χ3n) is 6.21. The van der Waals surface area contributed by atoms with Gasteiger partial charge in [-0.3, -0.25) is 4.90 Å². The zero-order valence-corrected chi connectivity index (χ0v) is 20.6. The fourth-order valence-electron chi connectivity index (χ4n) is 4.30. The number of hydrogen-bond donors (Lipinski definition) is 1. The van der Waals surface area contributed by atoms with Gasteiger partial charge in [-0.25, -0.2) is 0 Å². The summed E-state index contributed by atoms with van der Waals surface area (Å²) in [6.07, 6.45) is 0.685. The molecule has 1 aliphatic heterocycles. The minimum Gasteiger partial charge on any atom is -0.484 e. The fourth-order valence-corrected chi connectivity index (χ4v) is 5.03. The molecule has 7 heteroatoms. The lowest BCUT2D eigenvalue weighted by Gasteiger charge is -2.14. The normalized spacial score (nSPS) is 16.0. The molecular weight excluding hydrogens is 458 g/mol. The number of aromatic nitrogens is 2. The summed E-state index contributed by atoms with van der Waals surface area (Å²) < 4.78 is 11.8. The summed E-state index contributed by atoms with van der Waals surface area (Å²) in [4.78, 5) is 2.29. The molecule has 0 spiro atoms. The van der Waals surface area contributed by atoms with Gasteiger partial charge in [-0.1, -0.05) is 78.5 Å². The molecule has 35 heavy (non-hydrogen) atoms. The number of aliphatic hydroxyl groups excluding tert-OH is 1. The number of hydrogen-bond acceptors (Lipinski definition) is 7. The van der Waals surface area contributed by atoms with Gasteiger partial charge in [0.25, 0.3) is 11.1 Å². The molecule has 6 nitrogen and oxygen atoms in total. The molecule has 1 N–H and O–H groups in total. The van der Waals surface area contributed by atoms with Gasteiger partial charge >= 0.3 is 0 Å². The van der Waals surface area contributed by atoms with Crippen LogP contribution in [0.5, 0.6) is 5.75 Å². The van der Waals surface area contributed by atoms with E-state index in [1.807, 2.05) is 30.3 Å². The largest absolute Gasteiger partial charge is 0.484 e. The van der Waals surface area contributed by atoms with Crippen LogP contribution >= 0.6 is 11.8 Å². The first-order valence-electron chi connectivity index (χ1n) is 11.9. The number of aliphatic hydroxyl groups is 1. The number of rotatable bonds is 9. The number of thioether (sulfide) groups is 1. The number of likely N-dealkylation sites (tertiary alicyclic amines) is 1. The van der Waals surface area contributed by atoms with Crippen molar-refractivity contribution < 1.29 is 14.3 Å². The highest BCUT2D eigenvalue weighted by atomic mass is 32.2. The molecule has 1 saturated heterocycles. The Balaban J connectivity index is 1.13. The van der Waals surface area contributed by atoms with E-state index in [1.54, 1.807) is 0 Å². The molecule has 0 aliphatic carbocycles. The van der Waals surface area contributed by atoms with Gasteiger partial charge in [0.15, 0.2) is 6.61 Å². The molecule has 0 radical (unpaired) electrons. The summed E-state index contributed by atoms with van der Waals surface area (Å²) in [6.45, 7) is 4.89.